The third-order valence-electron chi connectivity index (χ3n) is 4.76. The minimum Gasteiger partial charge on any atom is -0.324 e. The number of carbonyl (C=O) groups is 4. The van der Waals surface area contributed by atoms with Crippen LogP contribution in [0.2, 0.25) is 0 Å². The smallest absolute Gasteiger partial charge is 0.324 e. The average molecular weight is 481 g/mol. The molecule has 0 bridgehead atoms. The molecule has 4 rings (SSSR count). The summed E-state index contributed by atoms with van der Waals surface area (Å²) in [5, 5.41) is 3.38. The van der Waals surface area contributed by atoms with Crippen LogP contribution in [0.15, 0.2) is 46.7 Å². The Hall–Kier alpha value is -3.12. The maximum atomic E-state index is 13.8. The minimum absolute atomic E-state index is 0.0318. The first-order valence-electron chi connectivity index (χ1n) is 9.21. The van der Waals surface area contributed by atoms with Crippen LogP contribution in [0.1, 0.15) is 11.3 Å². The summed E-state index contributed by atoms with van der Waals surface area (Å²) in [7, 11) is 0. The molecule has 1 aromatic heterocycles. The van der Waals surface area contributed by atoms with Crippen molar-refractivity contribution in [1.82, 2.24) is 4.90 Å². The number of amides is 4. The van der Waals surface area contributed by atoms with E-state index in [2.05, 4.69) is 5.32 Å². The number of benzene rings is 1. The van der Waals surface area contributed by atoms with Gasteiger partial charge in [-0.2, -0.15) is 13.2 Å². The van der Waals surface area contributed by atoms with Crippen molar-refractivity contribution in [3.63, 3.8) is 0 Å². The summed E-state index contributed by atoms with van der Waals surface area (Å²) in [5.74, 6) is -2.79. The molecule has 1 aromatic carbocycles. The molecule has 166 valence electrons. The number of nitrogens with one attached hydrogen (secondary N) is 1. The van der Waals surface area contributed by atoms with Crippen LogP contribution in [0, 0.1) is 0 Å². The number of imide groups is 1. The van der Waals surface area contributed by atoms with E-state index < -0.39 is 48.1 Å². The molecule has 1 unspecified atom stereocenters. The number of thioether (sulfide) groups is 1. The van der Waals surface area contributed by atoms with E-state index in [1.54, 1.807) is 17.5 Å². The number of hydrogen-bond acceptors (Lipinski definition) is 6. The molecular weight excluding hydrogens is 467 g/mol. The highest BCUT2D eigenvalue weighted by Crippen LogP contribution is 2.39. The summed E-state index contributed by atoms with van der Waals surface area (Å²) in [6.07, 6.45) is -4.44. The molecule has 1 N–H and O–H groups in total. The van der Waals surface area contributed by atoms with Crippen molar-refractivity contribution >= 4 is 63.5 Å². The molecule has 32 heavy (non-hydrogen) atoms. The van der Waals surface area contributed by atoms with E-state index in [1.165, 1.54) is 41.7 Å². The highest BCUT2D eigenvalue weighted by Gasteiger charge is 2.50. The van der Waals surface area contributed by atoms with Crippen molar-refractivity contribution in [2.24, 2.45) is 0 Å². The Kier molecular flexibility index (Phi) is 5.82. The van der Waals surface area contributed by atoms with Crippen LogP contribution < -0.4 is 10.2 Å². The van der Waals surface area contributed by atoms with Gasteiger partial charge in [0.15, 0.2) is 0 Å². The summed E-state index contributed by atoms with van der Waals surface area (Å²) < 4.78 is 41.4. The minimum atomic E-state index is -4.91. The monoisotopic (exact) mass is 481 g/mol. The van der Waals surface area contributed by atoms with Crippen LogP contribution >= 0.6 is 23.1 Å². The standard InChI is InChI=1S/C20H14F3N3O4S2/c21-20(22,23)15-9-16(27)24-12-5-1-2-6-13(12)26(15)17(28)10-25-18(29)14(32-19(25)30)8-11-4-3-7-31-11/h1-8,15H,9-10H2,(H,24,27)/b14-8-. The third kappa shape index (κ3) is 4.28. The first kappa shape index (κ1) is 22.1. The number of thiophene rings is 1. The molecule has 3 heterocycles. The lowest BCUT2D eigenvalue weighted by molar-refractivity contribution is -0.158. The first-order valence-corrected chi connectivity index (χ1v) is 10.9. The fraction of sp³-hybridized carbons (Fsp3) is 0.200. The second-order valence-corrected chi connectivity index (χ2v) is 8.85. The summed E-state index contributed by atoms with van der Waals surface area (Å²) in [5.41, 5.74) is -0.129. The van der Waals surface area contributed by atoms with Gasteiger partial charge in [-0.05, 0) is 41.4 Å². The second-order valence-electron chi connectivity index (χ2n) is 6.87. The van der Waals surface area contributed by atoms with Crippen LogP contribution in [0.4, 0.5) is 29.3 Å². The van der Waals surface area contributed by atoms with Crippen LogP contribution in [-0.2, 0) is 14.4 Å². The van der Waals surface area contributed by atoms with Gasteiger partial charge in [-0.1, -0.05) is 18.2 Å². The third-order valence-corrected chi connectivity index (χ3v) is 6.48. The Morgan fingerprint density at radius 3 is 2.59 bits per heavy atom. The van der Waals surface area contributed by atoms with Gasteiger partial charge < -0.3 is 5.32 Å². The van der Waals surface area contributed by atoms with Crippen molar-refractivity contribution in [3.05, 3.63) is 51.6 Å². The Morgan fingerprint density at radius 1 is 1.16 bits per heavy atom. The fourth-order valence-corrected chi connectivity index (χ4v) is 4.91. The molecule has 0 saturated carbocycles. The van der Waals surface area contributed by atoms with Gasteiger partial charge in [-0.3, -0.25) is 29.0 Å². The predicted molar refractivity (Wildman–Crippen MR) is 114 cm³/mol. The Balaban J connectivity index is 1.65. The lowest BCUT2D eigenvalue weighted by Gasteiger charge is -2.32. The predicted octanol–water partition coefficient (Wildman–Crippen LogP) is 4.09. The Bertz CT molecular complexity index is 1130. The van der Waals surface area contributed by atoms with E-state index in [4.69, 9.17) is 0 Å². The van der Waals surface area contributed by atoms with Gasteiger partial charge in [0, 0.05) is 4.88 Å². The number of halogens is 3. The number of hydrogen-bond donors (Lipinski definition) is 1. The topological polar surface area (TPSA) is 86.8 Å². The van der Waals surface area contributed by atoms with Crippen molar-refractivity contribution in [1.29, 1.82) is 0 Å². The number of anilines is 2. The maximum Gasteiger partial charge on any atom is 0.409 e. The molecule has 0 spiro atoms. The number of rotatable bonds is 3. The molecule has 2 aliphatic rings. The number of fused-ring (bicyclic) bond motifs is 1. The summed E-state index contributed by atoms with van der Waals surface area (Å²) >= 11 is 1.95. The number of para-hydroxylation sites is 2. The Labute approximate surface area is 187 Å². The average Bonchev–Trinajstić information content (AvgIpc) is 3.27. The molecule has 1 fully saturated rings. The van der Waals surface area contributed by atoms with E-state index in [1.807, 2.05) is 0 Å². The first-order chi connectivity index (χ1) is 15.1. The van der Waals surface area contributed by atoms with E-state index in [0.717, 1.165) is 0 Å². The zero-order chi connectivity index (χ0) is 23.0. The van der Waals surface area contributed by atoms with Gasteiger partial charge in [0.05, 0.1) is 22.7 Å². The summed E-state index contributed by atoms with van der Waals surface area (Å²) in [6.45, 7) is -0.887. The van der Waals surface area contributed by atoms with Crippen molar-refractivity contribution in [2.75, 3.05) is 16.8 Å². The van der Waals surface area contributed by atoms with Crippen LogP contribution in [-0.4, -0.2) is 46.6 Å². The van der Waals surface area contributed by atoms with Crippen molar-refractivity contribution in [3.8, 4) is 0 Å². The number of alkyl halides is 3. The van der Waals surface area contributed by atoms with Crippen molar-refractivity contribution < 1.29 is 32.3 Å². The van der Waals surface area contributed by atoms with Gasteiger partial charge >= 0.3 is 6.18 Å². The van der Waals surface area contributed by atoms with Crippen LogP contribution in [0.25, 0.3) is 6.08 Å². The van der Waals surface area contributed by atoms with Gasteiger partial charge in [0.25, 0.3) is 11.1 Å². The second kappa shape index (κ2) is 8.43. The molecule has 4 amide bonds. The largest absolute Gasteiger partial charge is 0.409 e. The molecule has 2 aliphatic heterocycles. The lowest BCUT2D eigenvalue weighted by atomic mass is 10.1. The summed E-state index contributed by atoms with van der Waals surface area (Å²) in [6, 6.07) is 6.61. The van der Waals surface area contributed by atoms with Gasteiger partial charge in [-0.25, -0.2) is 0 Å². The van der Waals surface area contributed by atoms with E-state index in [9.17, 15) is 32.3 Å². The van der Waals surface area contributed by atoms with Crippen LogP contribution in [0.3, 0.4) is 0 Å². The number of carbonyl (C=O) groups excluding carboxylic acids is 4. The lowest BCUT2D eigenvalue weighted by Crippen LogP contribution is -2.53. The van der Waals surface area contributed by atoms with Crippen molar-refractivity contribution in [2.45, 2.75) is 18.6 Å². The molecule has 0 aliphatic carbocycles. The van der Waals surface area contributed by atoms with Gasteiger partial charge in [0.1, 0.15) is 12.6 Å². The SMILES string of the molecule is O=C1CC(C(F)(F)F)N(C(=O)CN2C(=O)S/C(=C\c3cccs3)C2=O)c2ccccc2N1. The van der Waals surface area contributed by atoms with E-state index >= 15 is 0 Å². The quantitative estimate of drug-likeness (QED) is 0.668. The molecule has 1 saturated heterocycles. The van der Waals surface area contributed by atoms with E-state index in [0.29, 0.717) is 26.4 Å². The number of nitrogens with zero attached hydrogens (tertiary/aromatic N) is 2. The fourth-order valence-electron chi connectivity index (χ4n) is 3.35. The van der Waals surface area contributed by atoms with E-state index in [-0.39, 0.29) is 16.3 Å². The molecule has 7 nitrogen and oxygen atoms in total. The normalized spacial score (nSPS) is 20.4. The van der Waals surface area contributed by atoms with Gasteiger partial charge in [0.2, 0.25) is 11.8 Å². The summed E-state index contributed by atoms with van der Waals surface area (Å²) in [4.78, 5) is 52.0. The molecule has 2 aromatic rings. The zero-order valence-corrected chi connectivity index (χ0v) is 17.7. The van der Waals surface area contributed by atoms with Crippen LogP contribution in [0.5, 0.6) is 0 Å². The molecular formula is C20H14F3N3O4S2. The molecule has 0 radical (unpaired) electrons. The highest BCUT2D eigenvalue weighted by molar-refractivity contribution is 8.18. The molecule has 12 heteroatoms. The van der Waals surface area contributed by atoms with Gasteiger partial charge in [-0.15, -0.1) is 11.3 Å². The zero-order valence-electron chi connectivity index (χ0n) is 16.1. The highest BCUT2D eigenvalue weighted by atomic mass is 32.2. The maximum absolute atomic E-state index is 13.8. The Morgan fingerprint density at radius 2 is 1.91 bits per heavy atom. The molecule has 1 atom stereocenters.